The third kappa shape index (κ3) is 3.30. The predicted molar refractivity (Wildman–Crippen MR) is 48.0 cm³/mol. The molecule has 0 spiro atoms. The first-order valence-corrected chi connectivity index (χ1v) is 4.87. The molecule has 1 unspecified atom stereocenters. The van der Waals surface area contributed by atoms with Crippen LogP contribution in [0.4, 0.5) is 0 Å². The van der Waals surface area contributed by atoms with Crippen molar-refractivity contribution in [3.63, 3.8) is 0 Å². The Labute approximate surface area is 75.4 Å². The quantitative estimate of drug-likeness (QED) is 0.719. The Hall–Kier alpha value is -0.450. The van der Waals surface area contributed by atoms with E-state index in [2.05, 4.69) is 0 Å². The normalized spacial score (nSPS) is 13.2. The van der Waals surface area contributed by atoms with Crippen molar-refractivity contribution in [3.8, 4) is 0 Å². The van der Waals surface area contributed by atoms with Crippen LogP contribution in [0.1, 0.15) is 5.76 Å². The van der Waals surface area contributed by atoms with Crippen molar-refractivity contribution in [1.82, 2.24) is 0 Å². The van der Waals surface area contributed by atoms with Gasteiger partial charge in [0, 0.05) is 5.75 Å². The molecule has 0 aliphatic carbocycles. The second-order valence-corrected chi connectivity index (χ2v) is 3.46. The highest BCUT2D eigenvalue weighted by atomic mass is 32.2. The van der Waals surface area contributed by atoms with E-state index in [1.807, 2.05) is 12.1 Å². The Morgan fingerprint density at radius 1 is 1.58 bits per heavy atom. The van der Waals surface area contributed by atoms with E-state index in [-0.39, 0.29) is 6.61 Å². The second kappa shape index (κ2) is 5.24. The molecule has 0 bridgehead atoms. The summed E-state index contributed by atoms with van der Waals surface area (Å²) < 4.78 is 5.08. The van der Waals surface area contributed by atoms with Gasteiger partial charge in [-0.2, -0.15) is 11.8 Å². The van der Waals surface area contributed by atoms with Gasteiger partial charge < -0.3 is 14.6 Å². The molecule has 0 fully saturated rings. The van der Waals surface area contributed by atoms with Crippen molar-refractivity contribution in [3.05, 3.63) is 24.2 Å². The third-order valence-electron chi connectivity index (χ3n) is 1.35. The molecule has 0 saturated carbocycles. The summed E-state index contributed by atoms with van der Waals surface area (Å²) in [5.74, 6) is 2.17. The molecule has 2 N–H and O–H groups in total. The average molecular weight is 188 g/mol. The van der Waals surface area contributed by atoms with Gasteiger partial charge in [-0.05, 0) is 12.1 Å². The van der Waals surface area contributed by atoms with Gasteiger partial charge in [0.05, 0.1) is 24.7 Å². The van der Waals surface area contributed by atoms with Crippen LogP contribution in [0.2, 0.25) is 0 Å². The van der Waals surface area contributed by atoms with Gasteiger partial charge in [-0.25, -0.2) is 0 Å². The zero-order chi connectivity index (χ0) is 8.81. The van der Waals surface area contributed by atoms with E-state index in [0.717, 1.165) is 11.5 Å². The van der Waals surface area contributed by atoms with Crippen molar-refractivity contribution in [1.29, 1.82) is 0 Å². The van der Waals surface area contributed by atoms with E-state index in [9.17, 15) is 0 Å². The van der Waals surface area contributed by atoms with Gasteiger partial charge in [-0.3, -0.25) is 0 Å². The summed E-state index contributed by atoms with van der Waals surface area (Å²) in [7, 11) is 0. The topological polar surface area (TPSA) is 53.6 Å². The summed E-state index contributed by atoms with van der Waals surface area (Å²) in [4.78, 5) is 0. The maximum absolute atomic E-state index is 8.99. The Morgan fingerprint density at radius 2 is 2.42 bits per heavy atom. The predicted octanol–water partition coefficient (Wildman–Crippen LogP) is 0.866. The molecule has 0 aliphatic rings. The monoisotopic (exact) mass is 188 g/mol. The third-order valence-corrected chi connectivity index (χ3v) is 2.45. The van der Waals surface area contributed by atoms with E-state index in [4.69, 9.17) is 14.6 Å². The smallest absolute Gasteiger partial charge is 0.113 e. The lowest BCUT2D eigenvalue weighted by Gasteiger charge is -2.04. The molecule has 0 saturated heterocycles. The number of aliphatic hydroxyl groups is 2. The van der Waals surface area contributed by atoms with Crippen LogP contribution in [-0.2, 0) is 5.75 Å². The second-order valence-electron chi connectivity index (χ2n) is 2.43. The van der Waals surface area contributed by atoms with Crippen LogP contribution in [0.5, 0.6) is 0 Å². The van der Waals surface area contributed by atoms with Gasteiger partial charge in [0.1, 0.15) is 5.76 Å². The summed E-state index contributed by atoms with van der Waals surface area (Å²) in [6.45, 7) is -0.175. The maximum Gasteiger partial charge on any atom is 0.113 e. The van der Waals surface area contributed by atoms with Gasteiger partial charge in [0.2, 0.25) is 0 Å². The number of furan rings is 1. The molecule has 0 aromatic carbocycles. The molecule has 3 nitrogen and oxygen atoms in total. The van der Waals surface area contributed by atoms with E-state index >= 15 is 0 Å². The van der Waals surface area contributed by atoms with Crippen molar-refractivity contribution < 1.29 is 14.6 Å². The van der Waals surface area contributed by atoms with Crippen LogP contribution in [0.3, 0.4) is 0 Å². The summed E-state index contributed by atoms with van der Waals surface area (Å²) in [6.07, 6.45) is 1.00. The average Bonchev–Trinajstić information content (AvgIpc) is 2.57. The number of rotatable bonds is 5. The molecule has 0 aliphatic heterocycles. The molecule has 1 aromatic heterocycles. The Morgan fingerprint density at radius 3 is 3.00 bits per heavy atom. The zero-order valence-electron chi connectivity index (χ0n) is 6.64. The largest absolute Gasteiger partial charge is 0.468 e. The first-order chi connectivity index (χ1) is 5.83. The van der Waals surface area contributed by atoms with E-state index in [1.165, 1.54) is 11.8 Å². The highest BCUT2D eigenvalue weighted by molar-refractivity contribution is 7.98. The SMILES string of the molecule is OCC(O)CSCc1ccco1. The minimum Gasteiger partial charge on any atom is -0.468 e. The van der Waals surface area contributed by atoms with Crippen molar-refractivity contribution in [2.45, 2.75) is 11.9 Å². The Balaban J connectivity index is 2.11. The molecule has 12 heavy (non-hydrogen) atoms. The highest BCUT2D eigenvalue weighted by Gasteiger charge is 2.02. The van der Waals surface area contributed by atoms with Crippen molar-refractivity contribution in [2.75, 3.05) is 12.4 Å². The molecule has 1 aromatic rings. The molecule has 68 valence electrons. The maximum atomic E-state index is 8.99. The molecule has 0 amide bonds. The minimum atomic E-state index is -0.620. The first-order valence-electron chi connectivity index (χ1n) is 3.72. The van der Waals surface area contributed by atoms with Gasteiger partial charge >= 0.3 is 0 Å². The van der Waals surface area contributed by atoms with E-state index < -0.39 is 6.10 Å². The number of hydrogen-bond donors (Lipinski definition) is 2. The van der Waals surface area contributed by atoms with Gasteiger partial charge in [-0.1, -0.05) is 0 Å². The summed E-state index contributed by atoms with van der Waals surface area (Å²) in [5, 5.41) is 17.5. The van der Waals surface area contributed by atoms with Crippen LogP contribution < -0.4 is 0 Å². The minimum absolute atomic E-state index is 0.175. The van der Waals surface area contributed by atoms with Gasteiger partial charge in [0.25, 0.3) is 0 Å². The van der Waals surface area contributed by atoms with Crippen LogP contribution in [-0.4, -0.2) is 28.7 Å². The number of thioether (sulfide) groups is 1. The van der Waals surface area contributed by atoms with Gasteiger partial charge in [0.15, 0.2) is 0 Å². The van der Waals surface area contributed by atoms with E-state index in [0.29, 0.717) is 5.75 Å². The van der Waals surface area contributed by atoms with Crippen LogP contribution in [0.25, 0.3) is 0 Å². The fourth-order valence-corrected chi connectivity index (χ4v) is 1.60. The number of hydrogen-bond acceptors (Lipinski definition) is 4. The highest BCUT2D eigenvalue weighted by Crippen LogP contribution is 2.12. The Kier molecular flexibility index (Phi) is 4.21. The van der Waals surface area contributed by atoms with Gasteiger partial charge in [-0.15, -0.1) is 0 Å². The van der Waals surface area contributed by atoms with E-state index in [1.54, 1.807) is 6.26 Å². The van der Waals surface area contributed by atoms with Crippen molar-refractivity contribution >= 4 is 11.8 Å². The lowest BCUT2D eigenvalue weighted by molar-refractivity contribution is 0.113. The molecule has 1 heterocycles. The summed E-state index contributed by atoms with van der Waals surface area (Å²) >= 11 is 1.54. The molecule has 1 rings (SSSR count). The fraction of sp³-hybridized carbons (Fsp3) is 0.500. The summed E-state index contributed by atoms with van der Waals surface area (Å²) in [5.41, 5.74) is 0. The lowest BCUT2D eigenvalue weighted by Crippen LogP contribution is -2.14. The standard InChI is InChI=1S/C8H12O3S/c9-4-7(10)5-12-6-8-2-1-3-11-8/h1-3,7,9-10H,4-6H2. The lowest BCUT2D eigenvalue weighted by atomic mass is 10.4. The molecular weight excluding hydrogens is 176 g/mol. The zero-order valence-corrected chi connectivity index (χ0v) is 7.46. The molecule has 1 atom stereocenters. The van der Waals surface area contributed by atoms with Crippen LogP contribution in [0.15, 0.2) is 22.8 Å². The molecule has 0 radical (unpaired) electrons. The Bertz CT molecular complexity index is 198. The fourth-order valence-electron chi connectivity index (χ4n) is 0.743. The number of aliphatic hydroxyl groups excluding tert-OH is 2. The van der Waals surface area contributed by atoms with Crippen molar-refractivity contribution in [2.24, 2.45) is 0 Å². The first kappa shape index (κ1) is 9.64. The van der Waals surface area contributed by atoms with Crippen LogP contribution in [0, 0.1) is 0 Å². The molecule has 4 heteroatoms. The molecular formula is C8H12O3S. The van der Waals surface area contributed by atoms with Crippen LogP contribution >= 0.6 is 11.8 Å². The summed E-state index contributed by atoms with van der Waals surface area (Å²) in [6, 6.07) is 3.72.